The number of fused-ring (bicyclic) bond motifs is 1. The van der Waals surface area contributed by atoms with Crippen LogP contribution < -0.4 is 5.32 Å². The highest BCUT2D eigenvalue weighted by Gasteiger charge is 2.18. The Hall–Kier alpha value is -2.83. The minimum absolute atomic E-state index is 0.0442. The number of para-hydroxylation sites is 1. The lowest BCUT2D eigenvalue weighted by molar-refractivity contribution is 0.0774. The van der Waals surface area contributed by atoms with Crippen LogP contribution in [-0.2, 0) is 6.42 Å². The van der Waals surface area contributed by atoms with Crippen LogP contribution >= 0.6 is 0 Å². The molecule has 0 bridgehead atoms. The van der Waals surface area contributed by atoms with Crippen molar-refractivity contribution < 1.29 is 15.0 Å². The maximum Gasteiger partial charge on any atom is 0.255 e. The predicted molar refractivity (Wildman–Crippen MR) is 120 cm³/mol. The number of hydrogen-bond donors (Lipinski definition) is 4. The summed E-state index contributed by atoms with van der Waals surface area (Å²) in [5.74, 6) is 0.229. The van der Waals surface area contributed by atoms with Gasteiger partial charge in [0.1, 0.15) is 5.75 Å². The van der Waals surface area contributed by atoms with Gasteiger partial charge < -0.3 is 25.4 Å². The first-order chi connectivity index (χ1) is 14.5. The topological polar surface area (TPSA) is 88.6 Å². The van der Waals surface area contributed by atoms with Crippen LogP contribution in [0.4, 0.5) is 0 Å². The van der Waals surface area contributed by atoms with E-state index >= 15 is 0 Å². The van der Waals surface area contributed by atoms with Crippen LogP contribution in [0.15, 0.2) is 48.7 Å². The van der Waals surface area contributed by atoms with Crippen molar-refractivity contribution in [3.8, 4) is 5.75 Å². The molecule has 0 aliphatic rings. The molecule has 6 heteroatoms. The summed E-state index contributed by atoms with van der Waals surface area (Å²) in [5.41, 5.74) is 3.48. The molecule has 3 rings (SSSR count). The Labute approximate surface area is 177 Å². The first kappa shape index (κ1) is 21.9. The summed E-state index contributed by atoms with van der Waals surface area (Å²) in [4.78, 5) is 17.9. The molecule has 0 aliphatic carbocycles. The van der Waals surface area contributed by atoms with Crippen LogP contribution in [0.25, 0.3) is 10.9 Å². The summed E-state index contributed by atoms with van der Waals surface area (Å²) < 4.78 is 0. The van der Waals surface area contributed by atoms with Crippen molar-refractivity contribution >= 4 is 16.8 Å². The Balaban J connectivity index is 1.66. The molecular weight excluding hydrogens is 378 g/mol. The van der Waals surface area contributed by atoms with Crippen molar-refractivity contribution in [1.29, 1.82) is 0 Å². The molecule has 1 aromatic heterocycles. The van der Waals surface area contributed by atoms with Crippen molar-refractivity contribution in [2.75, 3.05) is 19.6 Å². The molecular formula is C24H31N3O3. The molecule has 0 unspecified atom stereocenters. The molecule has 0 fully saturated rings. The van der Waals surface area contributed by atoms with Gasteiger partial charge in [0.05, 0.1) is 17.2 Å². The van der Waals surface area contributed by atoms with E-state index in [0.29, 0.717) is 25.2 Å². The molecule has 0 saturated heterocycles. The zero-order valence-electron chi connectivity index (χ0n) is 17.9. The Morgan fingerprint density at radius 3 is 2.50 bits per heavy atom. The van der Waals surface area contributed by atoms with E-state index in [2.05, 4.69) is 10.3 Å². The number of carbonyl (C=O) groups is 1. The van der Waals surface area contributed by atoms with Gasteiger partial charge in [-0.25, -0.2) is 0 Å². The van der Waals surface area contributed by atoms with E-state index in [9.17, 15) is 15.0 Å². The average Bonchev–Trinajstić information content (AvgIpc) is 3.17. The van der Waals surface area contributed by atoms with Crippen molar-refractivity contribution in [3.05, 3.63) is 65.4 Å². The fourth-order valence-corrected chi connectivity index (χ4v) is 3.78. The highest BCUT2D eigenvalue weighted by molar-refractivity contribution is 6.06. The summed E-state index contributed by atoms with van der Waals surface area (Å²) in [5, 5.41) is 24.3. The number of phenolic OH excluding ortho intramolecular Hbond substituents is 1. The lowest BCUT2D eigenvalue weighted by Gasteiger charge is -2.20. The van der Waals surface area contributed by atoms with E-state index in [-0.39, 0.29) is 17.7 Å². The number of H-pyrrole nitrogens is 1. The molecule has 0 spiro atoms. The molecule has 3 aromatic rings. The van der Waals surface area contributed by atoms with E-state index in [1.54, 1.807) is 24.3 Å². The molecule has 1 heterocycles. The molecule has 2 aromatic carbocycles. The van der Waals surface area contributed by atoms with Crippen LogP contribution in [0, 0.1) is 0 Å². The fraction of sp³-hybridized carbons (Fsp3) is 0.375. The van der Waals surface area contributed by atoms with Gasteiger partial charge in [0.2, 0.25) is 0 Å². The van der Waals surface area contributed by atoms with Crippen molar-refractivity contribution in [1.82, 2.24) is 15.2 Å². The first-order valence-electron chi connectivity index (χ1n) is 10.5. The van der Waals surface area contributed by atoms with Crippen LogP contribution in [0.2, 0.25) is 0 Å². The van der Waals surface area contributed by atoms with E-state index < -0.39 is 6.10 Å². The second-order valence-corrected chi connectivity index (χ2v) is 7.55. The molecule has 1 amide bonds. The smallest absolute Gasteiger partial charge is 0.255 e. The number of aromatic nitrogens is 1. The number of nitrogens with one attached hydrogen (secondary N) is 2. The van der Waals surface area contributed by atoms with Gasteiger partial charge in [0.25, 0.3) is 5.91 Å². The monoisotopic (exact) mass is 409 g/mol. The summed E-state index contributed by atoms with van der Waals surface area (Å²) in [6, 6.07) is 12.3. The average molecular weight is 410 g/mol. The predicted octanol–water partition coefficient (Wildman–Crippen LogP) is 3.61. The molecule has 6 nitrogen and oxygen atoms in total. The third kappa shape index (κ3) is 4.66. The number of aromatic hydroxyl groups is 1. The van der Waals surface area contributed by atoms with Gasteiger partial charge in [0.15, 0.2) is 0 Å². The number of rotatable bonds is 9. The van der Waals surface area contributed by atoms with Crippen LogP contribution in [0.1, 0.15) is 48.4 Å². The number of benzene rings is 2. The van der Waals surface area contributed by atoms with Crippen LogP contribution in [0.3, 0.4) is 0 Å². The third-order valence-corrected chi connectivity index (χ3v) is 5.65. The number of nitrogens with zero attached hydrogens (tertiary/aromatic N) is 1. The highest BCUT2D eigenvalue weighted by Crippen LogP contribution is 2.24. The second-order valence-electron chi connectivity index (χ2n) is 7.55. The molecule has 0 aliphatic heterocycles. The van der Waals surface area contributed by atoms with E-state index in [4.69, 9.17) is 0 Å². The molecule has 160 valence electrons. The van der Waals surface area contributed by atoms with E-state index in [1.165, 1.54) is 0 Å². The fourth-order valence-electron chi connectivity index (χ4n) is 3.78. The third-order valence-electron chi connectivity index (χ3n) is 5.65. The maximum absolute atomic E-state index is 12.8. The second kappa shape index (κ2) is 9.78. The number of aliphatic hydroxyl groups excluding tert-OH is 1. The number of phenols is 1. The van der Waals surface area contributed by atoms with Gasteiger partial charge >= 0.3 is 0 Å². The zero-order valence-corrected chi connectivity index (χ0v) is 17.9. The van der Waals surface area contributed by atoms with E-state index in [1.807, 2.05) is 50.1 Å². The Morgan fingerprint density at radius 1 is 1.13 bits per heavy atom. The molecule has 30 heavy (non-hydrogen) atoms. The Bertz CT molecular complexity index is 977. The van der Waals surface area contributed by atoms with Gasteiger partial charge in [-0.15, -0.1) is 0 Å². The molecule has 2 atom stereocenters. The van der Waals surface area contributed by atoms with Crippen LogP contribution in [-0.4, -0.2) is 51.7 Å². The standard InChI is InChI=1S/C24H31N3O3/c1-4-27(5-2)24(30)21-8-6-7-20-18(15-26-22(20)21)13-14-25-16(3)23(29)17-9-11-19(28)12-10-17/h6-12,15-16,23,25-26,28-29H,4-5,13-14H2,1-3H3/t16-,23-/m0/s1. The quantitative estimate of drug-likeness (QED) is 0.435. The number of amides is 1. The van der Waals surface area contributed by atoms with Gasteiger partial charge in [0, 0.05) is 30.7 Å². The summed E-state index contributed by atoms with van der Waals surface area (Å²) >= 11 is 0. The first-order valence-corrected chi connectivity index (χ1v) is 10.5. The van der Waals surface area contributed by atoms with Crippen LogP contribution in [0.5, 0.6) is 5.75 Å². The van der Waals surface area contributed by atoms with Gasteiger partial charge in [-0.05, 0) is 63.1 Å². The summed E-state index contributed by atoms with van der Waals surface area (Å²) in [7, 11) is 0. The lowest BCUT2D eigenvalue weighted by Crippen LogP contribution is -2.33. The number of carbonyl (C=O) groups excluding carboxylic acids is 1. The van der Waals surface area contributed by atoms with Crippen molar-refractivity contribution in [2.24, 2.45) is 0 Å². The molecule has 4 N–H and O–H groups in total. The van der Waals surface area contributed by atoms with Crippen molar-refractivity contribution in [2.45, 2.75) is 39.3 Å². The SMILES string of the molecule is CCN(CC)C(=O)c1cccc2c(CCN[C@@H](C)[C@H](O)c3ccc(O)cc3)c[nH]c12. The lowest BCUT2D eigenvalue weighted by atomic mass is 10.0. The molecule has 0 saturated carbocycles. The maximum atomic E-state index is 12.8. The van der Waals surface area contributed by atoms with Gasteiger partial charge in [-0.1, -0.05) is 24.3 Å². The zero-order chi connectivity index (χ0) is 21.7. The molecule has 0 radical (unpaired) electrons. The summed E-state index contributed by atoms with van der Waals surface area (Å²) in [6.45, 7) is 7.97. The Kier molecular flexibility index (Phi) is 7.13. The van der Waals surface area contributed by atoms with Crippen molar-refractivity contribution in [3.63, 3.8) is 0 Å². The van der Waals surface area contributed by atoms with Gasteiger partial charge in [-0.3, -0.25) is 4.79 Å². The highest BCUT2D eigenvalue weighted by atomic mass is 16.3. The largest absolute Gasteiger partial charge is 0.508 e. The number of hydrogen-bond acceptors (Lipinski definition) is 4. The minimum atomic E-state index is -0.660. The number of aromatic amines is 1. The van der Waals surface area contributed by atoms with E-state index in [0.717, 1.165) is 28.5 Å². The summed E-state index contributed by atoms with van der Waals surface area (Å²) in [6.07, 6.45) is 2.08. The minimum Gasteiger partial charge on any atom is -0.508 e. The van der Waals surface area contributed by atoms with Gasteiger partial charge in [-0.2, -0.15) is 0 Å². The number of aliphatic hydroxyl groups is 1. The Morgan fingerprint density at radius 2 is 1.83 bits per heavy atom. The normalized spacial score (nSPS) is 13.3.